The van der Waals surface area contributed by atoms with E-state index in [0.29, 0.717) is 6.10 Å². The van der Waals surface area contributed by atoms with Gasteiger partial charge in [0, 0.05) is 12.1 Å². The van der Waals surface area contributed by atoms with E-state index >= 15 is 0 Å². The Bertz CT molecular complexity index is 456. The van der Waals surface area contributed by atoms with E-state index < -0.39 is 0 Å². The fourth-order valence-electron chi connectivity index (χ4n) is 3.52. The summed E-state index contributed by atoms with van der Waals surface area (Å²) in [6.45, 7) is 0.917. The van der Waals surface area contributed by atoms with Gasteiger partial charge in [-0.2, -0.15) is 0 Å². The lowest BCUT2D eigenvalue weighted by molar-refractivity contribution is 0.1000. The molecular formula is C16H22FNO. The van der Waals surface area contributed by atoms with Crippen LogP contribution in [-0.4, -0.2) is 12.7 Å². The molecular weight excluding hydrogens is 241 g/mol. The van der Waals surface area contributed by atoms with Gasteiger partial charge in [0.2, 0.25) is 0 Å². The molecule has 1 aromatic rings. The van der Waals surface area contributed by atoms with Crippen molar-refractivity contribution in [1.29, 1.82) is 0 Å². The predicted octanol–water partition coefficient (Wildman–Crippen LogP) is 3.28. The number of ether oxygens (including phenoxy) is 1. The Kier molecular flexibility index (Phi) is 3.59. The quantitative estimate of drug-likeness (QED) is 0.904. The van der Waals surface area contributed by atoms with E-state index in [4.69, 9.17) is 10.5 Å². The lowest BCUT2D eigenvalue weighted by Gasteiger charge is -2.26. The van der Waals surface area contributed by atoms with Crippen molar-refractivity contribution in [3.8, 4) is 0 Å². The van der Waals surface area contributed by atoms with E-state index in [0.717, 1.165) is 49.8 Å². The molecule has 0 saturated carbocycles. The van der Waals surface area contributed by atoms with E-state index in [-0.39, 0.29) is 11.4 Å². The van der Waals surface area contributed by atoms with Gasteiger partial charge < -0.3 is 10.5 Å². The third kappa shape index (κ3) is 2.67. The Hall–Kier alpha value is -0.930. The average molecular weight is 263 g/mol. The van der Waals surface area contributed by atoms with Crippen molar-refractivity contribution in [2.75, 3.05) is 6.61 Å². The molecule has 0 aromatic heterocycles. The van der Waals surface area contributed by atoms with Crippen molar-refractivity contribution in [3.05, 3.63) is 35.1 Å². The van der Waals surface area contributed by atoms with Gasteiger partial charge in [0.25, 0.3) is 0 Å². The highest BCUT2D eigenvalue weighted by molar-refractivity contribution is 5.38. The number of hydrogen-bond acceptors (Lipinski definition) is 2. The van der Waals surface area contributed by atoms with E-state index in [1.165, 1.54) is 18.9 Å². The van der Waals surface area contributed by atoms with Crippen LogP contribution in [0.2, 0.25) is 0 Å². The number of hydrogen-bond donors (Lipinski definition) is 1. The van der Waals surface area contributed by atoms with Gasteiger partial charge in [-0.15, -0.1) is 0 Å². The molecule has 0 bridgehead atoms. The summed E-state index contributed by atoms with van der Waals surface area (Å²) in [5.41, 5.74) is 8.54. The topological polar surface area (TPSA) is 35.2 Å². The molecule has 3 rings (SSSR count). The van der Waals surface area contributed by atoms with Crippen LogP contribution in [0, 0.1) is 5.82 Å². The van der Waals surface area contributed by atoms with Crippen molar-refractivity contribution < 1.29 is 9.13 Å². The smallest absolute Gasteiger partial charge is 0.123 e. The minimum absolute atomic E-state index is 0.151. The number of aryl methyl sites for hydroxylation is 1. The summed E-state index contributed by atoms with van der Waals surface area (Å²) in [7, 11) is 0. The van der Waals surface area contributed by atoms with Crippen LogP contribution in [0.25, 0.3) is 0 Å². The monoisotopic (exact) mass is 263 g/mol. The Labute approximate surface area is 114 Å². The summed E-state index contributed by atoms with van der Waals surface area (Å²) in [5.74, 6) is -0.151. The third-order valence-electron chi connectivity index (χ3n) is 4.62. The number of benzene rings is 1. The van der Waals surface area contributed by atoms with Crippen LogP contribution >= 0.6 is 0 Å². The van der Waals surface area contributed by atoms with Crippen LogP contribution in [-0.2, 0) is 16.7 Å². The van der Waals surface area contributed by atoms with Crippen LogP contribution in [0.15, 0.2) is 18.2 Å². The van der Waals surface area contributed by atoms with Gasteiger partial charge in [-0.25, -0.2) is 4.39 Å². The van der Waals surface area contributed by atoms with Gasteiger partial charge in [-0.3, -0.25) is 0 Å². The minimum Gasteiger partial charge on any atom is -0.378 e. The van der Waals surface area contributed by atoms with Gasteiger partial charge in [-0.1, -0.05) is 6.07 Å². The lowest BCUT2D eigenvalue weighted by Crippen LogP contribution is -2.34. The summed E-state index contributed by atoms with van der Waals surface area (Å²) >= 11 is 0. The molecule has 104 valence electrons. The molecule has 2 nitrogen and oxygen atoms in total. The minimum atomic E-state index is -0.248. The van der Waals surface area contributed by atoms with Crippen LogP contribution in [0.4, 0.5) is 4.39 Å². The van der Waals surface area contributed by atoms with Crippen LogP contribution in [0.1, 0.15) is 49.7 Å². The Morgan fingerprint density at radius 2 is 2.32 bits per heavy atom. The molecule has 1 aliphatic carbocycles. The molecule has 0 amide bonds. The normalized spacial score (nSPS) is 29.7. The molecule has 2 aliphatic rings. The Morgan fingerprint density at radius 3 is 3.11 bits per heavy atom. The lowest BCUT2D eigenvalue weighted by atomic mass is 9.87. The first kappa shape index (κ1) is 13.1. The summed E-state index contributed by atoms with van der Waals surface area (Å²) in [6, 6.07) is 5.06. The number of fused-ring (bicyclic) bond motifs is 1. The van der Waals surface area contributed by atoms with E-state index in [1.807, 2.05) is 6.07 Å². The van der Waals surface area contributed by atoms with Crippen molar-refractivity contribution in [1.82, 2.24) is 0 Å². The molecule has 0 spiro atoms. The van der Waals surface area contributed by atoms with Crippen molar-refractivity contribution in [3.63, 3.8) is 0 Å². The molecule has 1 aromatic carbocycles. The molecule has 19 heavy (non-hydrogen) atoms. The number of halogens is 1. The highest BCUT2D eigenvalue weighted by Gasteiger charge is 2.34. The number of nitrogens with two attached hydrogens (primary N) is 1. The molecule has 3 heteroatoms. The Balaban J connectivity index is 1.61. The SMILES string of the molecule is NC1(CCCC2CCCO2)CCc2cc(F)ccc21. The van der Waals surface area contributed by atoms with Gasteiger partial charge in [0.1, 0.15) is 5.82 Å². The molecule has 1 saturated heterocycles. The second-order valence-electron chi connectivity index (χ2n) is 5.98. The molecule has 2 unspecified atom stereocenters. The summed E-state index contributed by atoms with van der Waals surface area (Å²) < 4.78 is 18.9. The van der Waals surface area contributed by atoms with Gasteiger partial charge in [0.15, 0.2) is 0 Å². The summed E-state index contributed by atoms with van der Waals surface area (Å²) in [4.78, 5) is 0. The second kappa shape index (κ2) is 5.22. The maximum absolute atomic E-state index is 13.2. The Morgan fingerprint density at radius 1 is 1.42 bits per heavy atom. The first-order chi connectivity index (χ1) is 9.17. The van der Waals surface area contributed by atoms with E-state index in [9.17, 15) is 4.39 Å². The largest absolute Gasteiger partial charge is 0.378 e. The zero-order valence-electron chi connectivity index (χ0n) is 11.3. The van der Waals surface area contributed by atoms with Gasteiger partial charge in [-0.05, 0) is 68.2 Å². The van der Waals surface area contributed by atoms with Crippen LogP contribution in [0.5, 0.6) is 0 Å². The van der Waals surface area contributed by atoms with Crippen molar-refractivity contribution in [2.24, 2.45) is 5.73 Å². The molecule has 2 atom stereocenters. The van der Waals surface area contributed by atoms with E-state index in [1.54, 1.807) is 6.07 Å². The third-order valence-corrected chi connectivity index (χ3v) is 4.62. The summed E-state index contributed by atoms with van der Waals surface area (Å²) in [5, 5.41) is 0. The molecule has 2 N–H and O–H groups in total. The fourth-order valence-corrected chi connectivity index (χ4v) is 3.52. The first-order valence-corrected chi connectivity index (χ1v) is 7.37. The van der Waals surface area contributed by atoms with Crippen LogP contribution in [0.3, 0.4) is 0 Å². The van der Waals surface area contributed by atoms with E-state index in [2.05, 4.69) is 0 Å². The highest BCUT2D eigenvalue weighted by atomic mass is 19.1. The fraction of sp³-hybridized carbons (Fsp3) is 0.625. The predicted molar refractivity (Wildman–Crippen MR) is 73.4 cm³/mol. The highest BCUT2D eigenvalue weighted by Crippen LogP contribution is 2.39. The molecule has 0 radical (unpaired) electrons. The number of rotatable bonds is 4. The summed E-state index contributed by atoms with van der Waals surface area (Å²) in [6.07, 6.45) is 7.86. The van der Waals surface area contributed by atoms with Gasteiger partial charge >= 0.3 is 0 Å². The standard InChI is InChI=1S/C16H22FNO/c17-13-5-6-15-12(11-13)7-9-16(15,18)8-1-3-14-4-2-10-19-14/h5-6,11,14H,1-4,7-10,18H2. The second-order valence-corrected chi connectivity index (χ2v) is 5.98. The van der Waals surface area contributed by atoms with Gasteiger partial charge in [0.05, 0.1) is 6.10 Å². The molecule has 1 fully saturated rings. The zero-order valence-corrected chi connectivity index (χ0v) is 11.3. The molecule has 1 heterocycles. The maximum Gasteiger partial charge on any atom is 0.123 e. The maximum atomic E-state index is 13.2. The van der Waals surface area contributed by atoms with Crippen LogP contribution < -0.4 is 5.73 Å². The first-order valence-electron chi connectivity index (χ1n) is 7.37. The average Bonchev–Trinajstić information content (AvgIpc) is 2.99. The van der Waals surface area contributed by atoms with Crippen molar-refractivity contribution >= 4 is 0 Å². The molecule has 1 aliphatic heterocycles. The zero-order chi connectivity index (χ0) is 13.3. The van der Waals surface area contributed by atoms with Crippen molar-refractivity contribution in [2.45, 2.75) is 56.6 Å².